The second kappa shape index (κ2) is 4.98. The molecule has 2 heterocycles. The molecule has 0 aliphatic heterocycles. The van der Waals surface area contributed by atoms with Crippen LogP contribution in [-0.2, 0) is 0 Å². The minimum atomic E-state index is 0.441. The van der Waals surface area contributed by atoms with E-state index in [0.29, 0.717) is 12.0 Å². The lowest BCUT2D eigenvalue weighted by Gasteiger charge is -2.31. The maximum atomic E-state index is 5.86. The van der Waals surface area contributed by atoms with Crippen molar-refractivity contribution in [1.82, 2.24) is 4.98 Å². The van der Waals surface area contributed by atoms with Crippen molar-refractivity contribution < 1.29 is 4.42 Å². The molecule has 2 atom stereocenters. The first kappa shape index (κ1) is 11.5. The lowest BCUT2D eigenvalue weighted by molar-refractivity contribution is 0.332. The van der Waals surface area contributed by atoms with E-state index in [4.69, 9.17) is 10.2 Å². The fourth-order valence-corrected chi connectivity index (χ4v) is 2.87. The van der Waals surface area contributed by atoms with E-state index in [-0.39, 0.29) is 0 Å². The molecule has 1 saturated carbocycles. The van der Waals surface area contributed by atoms with Gasteiger partial charge < -0.3 is 15.5 Å². The maximum absolute atomic E-state index is 5.86. The molecule has 1 aliphatic carbocycles. The van der Waals surface area contributed by atoms with Crippen molar-refractivity contribution in [3.05, 3.63) is 24.6 Å². The maximum Gasteiger partial charge on any atom is 0.139 e. The number of nitrogens with zero attached hydrogens (tertiary/aromatic N) is 1. The van der Waals surface area contributed by atoms with Gasteiger partial charge in [-0.15, -0.1) is 0 Å². The Hall–Kier alpha value is -1.55. The van der Waals surface area contributed by atoms with Crippen molar-refractivity contribution in [2.75, 3.05) is 11.9 Å². The Morgan fingerprint density at radius 2 is 2.22 bits per heavy atom. The number of furan rings is 1. The smallest absolute Gasteiger partial charge is 0.139 e. The molecule has 0 amide bonds. The molecule has 2 unspecified atom stereocenters. The fraction of sp³-hybridized carbons (Fsp3) is 0.500. The first-order valence-corrected chi connectivity index (χ1v) is 6.67. The van der Waals surface area contributed by atoms with E-state index < -0.39 is 0 Å². The number of anilines is 1. The zero-order valence-corrected chi connectivity index (χ0v) is 10.4. The Bertz CT molecular complexity index is 522. The summed E-state index contributed by atoms with van der Waals surface area (Å²) < 4.78 is 5.40. The van der Waals surface area contributed by atoms with Crippen molar-refractivity contribution >= 4 is 16.8 Å². The first-order valence-electron chi connectivity index (χ1n) is 6.67. The number of pyridine rings is 1. The molecule has 3 N–H and O–H groups in total. The Labute approximate surface area is 107 Å². The van der Waals surface area contributed by atoms with Crippen molar-refractivity contribution in [3.63, 3.8) is 0 Å². The summed E-state index contributed by atoms with van der Waals surface area (Å²) in [6, 6.07) is 4.30. The van der Waals surface area contributed by atoms with Crippen LogP contribution in [0.2, 0.25) is 0 Å². The largest absolute Gasteiger partial charge is 0.464 e. The third-order valence-electron chi connectivity index (χ3n) is 3.91. The second-order valence-electron chi connectivity index (χ2n) is 5.02. The second-order valence-corrected chi connectivity index (χ2v) is 5.02. The van der Waals surface area contributed by atoms with Gasteiger partial charge in [0, 0.05) is 12.2 Å². The monoisotopic (exact) mass is 245 g/mol. The van der Waals surface area contributed by atoms with Crippen LogP contribution >= 0.6 is 0 Å². The highest BCUT2D eigenvalue weighted by atomic mass is 16.3. The van der Waals surface area contributed by atoms with Crippen molar-refractivity contribution in [2.24, 2.45) is 11.7 Å². The zero-order valence-electron chi connectivity index (χ0n) is 10.4. The van der Waals surface area contributed by atoms with Crippen LogP contribution in [0.5, 0.6) is 0 Å². The standard InChI is InChI=1S/C14H19N3O/c15-9-10-3-1-2-4-12(10)17-14-11-6-8-18-13(11)5-7-16-14/h5-8,10,12H,1-4,9,15H2,(H,16,17). The Kier molecular flexibility index (Phi) is 3.19. The van der Waals surface area contributed by atoms with Crippen LogP contribution in [0.25, 0.3) is 11.0 Å². The van der Waals surface area contributed by atoms with E-state index >= 15 is 0 Å². The normalized spacial score (nSPS) is 24.3. The van der Waals surface area contributed by atoms with Gasteiger partial charge in [0.05, 0.1) is 11.6 Å². The Morgan fingerprint density at radius 1 is 1.33 bits per heavy atom. The molecule has 96 valence electrons. The van der Waals surface area contributed by atoms with E-state index in [9.17, 15) is 0 Å². The third kappa shape index (κ3) is 2.08. The molecule has 4 heteroatoms. The molecule has 0 bridgehead atoms. The predicted octanol–water partition coefficient (Wildman–Crippen LogP) is 2.76. The summed E-state index contributed by atoms with van der Waals surface area (Å²) in [5.74, 6) is 1.48. The number of hydrogen-bond acceptors (Lipinski definition) is 4. The van der Waals surface area contributed by atoms with Crippen LogP contribution in [0.3, 0.4) is 0 Å². The van der Waals surface area contributed by atoms with E-state index in [2.05, 4.69) is 10.3 Å². The molecule has 0 aromatic carbocycles. The van der Waals surface area contributed by atoms with Gasteiger partial charge in [0.15, 0.2) is 0 Å². The molecule has 2 aromatic rings. The number of nitrogens with one attached hydrogen (secondary N) is 1. The first-order chi connectivity index (χ1) is 8.88. The lowest BCUT2D eigenvalue weighted by Crippen LogP contribution is -2.36. The van der Waals surface area contributed by atoms with Gasteiger partial charge in [-0.05, 0) is 37.4 Å². The van der Waals surface area contributed by atoms with Crippen LogP contribution < -0.4 is 11.1 Å². The summed E-state index contributed by atoms with van der Waals surface area (Å²) in [6.07, 6.45) is 8.46. The topological polar surface area (TPSA) is 64.1 Å². The zero-order chi connectivity index (χ0) is 12.4. The molecule has 2 aromatic heterocycles. The van der Waals surface area contributed by atoms with Crippen molar-refractivity contribution in [1.29, 1.82) is 0 Å². The van der Waals surface area contributed by atoms with Gasteiger partial charge >= 0.3 is 0 Å². The van der Waals surface area contributed by atoms with E-state index in [1.165, 1.54) is 25.7 Å². The Morgan fingerprint density at radius 3 is 3.11 bits per heavy atom. The molecular weight excluding hydrogens is 226 g/mol. The quantitative estimate of drug-likeness (QED) is 0.872. The minimum Gasteiger partial charge on any atom is -0.464 e. The van der Waals surface area contributed by atoms with Gasteiger partial charge in [0.25, 0.3) is 0 Å². The number of hydrogen-bond donors (Lipinski definition) is 2. The van der Waals surface area contributed by atoms with E-state index in [1.807, 2.05) is 12.1 Å². The molecule has 0 spiro atoms. The summed E-state index contributed by atoms with van der Waals surface area (Å²) in [5, 5.41) is 4.61. The predicted molar refractivity (Wildman–Crippen MR) is 72.4 cm³/mol. The van der Waals surface area contributed by atoms with Crippen LogP contribution in [0, 0.1) is 5.92 Å². The highest BCUT2D eigenvalue weighted by Gasteiger charge is 2.24. The van der Waals surface area contributed by atoms with E-state index in [1.54, 1.807) is 12.5 Å². The molecular formula is C14H19N3O. The molecule has 0 radical (unpaired) electrons. The van der Waals surface area contributed by atoms with Crippen molar-refractivity contribution in [3.8, 4) is 0 Å². The van der Waals surface area contributed by atoms with Crippen LogP contribution in [0.4, 0.5) is 5.82 Å². The molecule has 4 nitrogen and oxygen atoms in total. The van der Waals surface area contributed by atoms with Crippen LogP contribution in [-0.4, -0.2) is 17.6 Å². The summed E-state index contributed by atoms with van der Waals surface area (Å²) in [5.41, 5.74) is 6.74. The summed E-state index contributed by atoms with van der Waals surface area (Å²) in [6.45, 7) is 0.749. The molecule has 18 heavy (non-hydrogen) atoms. The molecule has 1 fully saturated rings. The number of fused-ring (bicyclic) bond motifs is 1. The SMILES string of the molecule is NCC1CCCCC1Nc1nccc2occc12. The van der Waals surface area contributed by atoms with Crippen LogP contribution in [0.15, 0.2) is 29.0 Å². The lowest BCUT2D eigenvalue weighted by atomic mass is 9.84. The average Bonchev–Trinajstić information content (AvgIpc) is 2.89. The van der Waals surface area contributed by atoms with Gasteiger partial charge in [-0.3, -0.25) is 0 Å². The van der Waals surface area contributed by atoms with Gasteiger partial charge in [0.2, 0.25) is 0 Å². The fourth-order valence-electron chi connectivity index (χ4n) is 2.87. The molecule has 3 rings (SSSR count). The highest BCUT2D eigenvalue weighted by Crippen LogP contribution is 2.29. The third-order valence-corrected chi connectivity index (χ3v) is 3.91. The average molecular weight is 245 g/mol. The Balaban J connectivity index is 1.84. The van der Waals surface area contributed by atoms with Crippen molar-refractivity contribution in [2.45, 2.75) is 31.7 Å². The highest BCUT2D eigenvalue weighted by molar-refractivity contribution is 5.87. The van der Waals surface area contributed by atoms with Gasteiger partial charge in [-0.25, -0.2) is 4.98 Å². The number of nitrogens with two attached hydrogens (primary N) is 1. The molecule has 1 aliphatic rings. The van der Waals surface area contributed by atoms with Gasteiger partial charge in [0.1, 0.15) is 11.4 Å². The summed E-state index contributed by atoms with van der Waals surface area (Å²) in [7, 11) is 0. The minimum absolute atomic E-state index is 0.441. The number of rotatable bonds is 3. The molecule has 0 saturated heterocycles. The van der Waals surface area contributed by atoms with Gasteiger partial charge in [-0.2, -0.15) is 0 Å². The van der Waals surface area contributed by atoms with Gasteiger partial charge in [-0.1, -0.05) is 12.8 Å². The number of aromatic nitrogens is 1. The van der Waals surface area contributed by atoms with Crippen LogP contribution in [0.1, 0.15) is 25.7 Å². The van der Waals surface area contributed by atoms with E-state index in [0.717, 1.165) is 23.3 Å². The summed E-state index contributed by atoms with van der Waals surface area (Å²) >= 11 is 0. The summed E-state index contributed by atoms with van der Waals surface area (Å²) in [4.78, 5) is 4.43.